The summed E-state index contributed by atoms with van der Waals surface area (Å²) in [6, 6.07) is 12.9. The third kappa shape index (κ3) is 4.07. The Morgan fingerprint density at radius 3 is 2.30 bits per heavy atom. The molecule has 3 nitrogen and oxygen atoms in total. The van der Waals surface area contributed by atoms with Crippen molar-refractivity contribution >= 4 is 0 Å². The normalized spacial score (nSPS) is 12.4. The Morgan fingerprint density at radius 1 is 1.05 bits per heavy atom. The predicted molar refractivity (Wildman–Crippen MR) is 81.9 cm³/mol. The molecule has 0 N–H and O–H groups in total. The predicted octanol–water partition coefficient (Wildman–Crippen LogP) is 3.15. The molecule has 106 valence electrons. The van der Waals surface area contributed by atoms with Crippen molar-refractivity contribution in [2.75, 3.05) is 14.2 Å². The number of pyridine rings is 1. The average molecular weight is 270 g/mol. The van der Waals surface area contributed by atoms with Crippen molar-refractivity contribution in [3.8, 4) is 5.75 Å². The minimum atomic E-state index is 0.483. The van der Waals surface area contributed by atoms with Gasteiger partial charge in [-0.2, -0.15) is 0 Å². The quantitative estimate of drug-likeness (QED) is 0.806. The maximum absolute atomic E-state index is 5.18. The molecule has 0 aliphatic heterocycles. The Labute approximate surface area is 121 Å². The molecule has 0 spiro atoms. The molecule has 0 aliphatic rings. The van der Waals surface area contributed by atoms with Crippen LogP contribution in [0.4, 0.5) is 0 Å². The number of aromatic nitrogens is 1. The summed E-state index contributed by atoms with van der Waals surface area (Å²) >= 11 is 0. The first kappa shape index (κ1) is 14.5. The average Bonchev–Trinajstić information content (AvgIpc) is 2.49. The van der Waals surface area contributed by atoms with Crippen LogP contribution in [0.25, 0.3) is 0 Å². The van der Waals surface area contributed by atoms with E-state index in [0.717, 1.165) is 18.7 Å². The van der Waals surface area contributed by atoms with Gasteiger partial charge in [0.1, 0.15) is 5.75 Å². The van der Waals surface area contributed by atoms with Gasteiger partial charge in [-0.1, -0.05) is 12.1 Å². The van der Waals surface area contributed by atoms with Gasteiger partial charge in [-0.3, -0.25) is 9.88 Å². The molecule has 0 fully saturated rings. The molecule has 2 rings (SSSR count). The van der Waals surface area contributed by atoms with Gasteiger partial charge in [0.05, 0.1) is 7.11 Å². The molecule has 1 heterocycles. The molecule has 0 radical (unpaired) electrons. The summed E-state index contributed by atoms with van der Waals surface area (Å²) in [6.45, 7) is 3.20. The Balaban J connectivity index is 1.91. The van der Waals surface area contributed by atoms with Gasteiger partial charge in [-0.15, -0.1) is 0 Å². The van der Waals surface area contributed by atoms with Gasteiger partial charge in [0.25, 0.3) is 0 Å². The van der Waals surface area contributed by atoms with Crippen LogP contribution in [0.2, 0.25) is 0 Å². The monoisotopic (exact) mass is 270 g/mol. The van der Waals surface area contributed by atoms with Crippen molar-refractivity contribution in [3.05, 3.63) is 59.9 Å². The van der Waals surface area contributed by atoms with E-state index in [2.05, 4.69) is 48.1 Å². The molecule has 1 aromatic heterocycles. The van der Waals surface area contributed by atoms with E-state index in [1.807, 2.05) is 24.5 Å². The molecule has 0 bridgehead atoms. The molecule has 0 aliphatic carbocycles. The Bertz CT molecular complexity index is 510. The van der Waals surface area contributed by atoms with Crippen molar-refractivity contribution in [1.29, 1.82) is 0 Å². The van der Waals surface area contributed by atoms with E-state index in [0.29, 0.717) is 6.04 Å². The van der Waals surface area contributed by atoms with E-state index in [1.165, 1.54) is 11.1 Å². The van der Waals surface area contributed by atoms with E-state index in [4.69, 9.17) is 4.74 Å². The van der Waals surface area contributed by atoms with Gasteiger partial charge >= 0.3 is 0 Å². The van der Waals surface area contributed by atoms with Gasteiger partial charge in [-0.05, 0) is 55.8 Å². The molecule has 0 saturated carbocycles. The second-order valence-electron chi connectivity index (χ2n) is 5.17. The van der Waals surface area contributed by atoms with Crippen LogP contribution in [-0.4, -0.2) is 30.1 Å². The molecular weight excluding hydrogens is 248 g/mol. The molecule has 0 amide bonds. The standard InChI is InChI=1S/C17H22N2O/c1-14(12-15-4-6-17(20-3)7-5-15)19(2)13-16-8-10-18-11-9-16/h4-11,14H,12-13H2,1-3H3/t14-/m0/s1. The summed E-state index contributed by atoms with van der Waals surface area (Å²) in [6.07, 6.45) is 4.72. The van der Waals surface area contributed by atoms with E-state index in [1.54, 1.807) is 7.11 Å². The molecule has 0 unspecified atom stereocenters. The first-order chi connectivity index (χ1) is 9.69. The van der Waals surface area contributed by atoms with Gasteiger partial charge < -0.3 is 4.74 Å². The summed E-state index contributed by atoms with van der Waals surface area (Å²) in [5.41, 5.74) is 2.63. The van der Waals surface area contributed by atoms with Crippen LogP contribution in [0.5, 0.6) is 5.75 Å². The summed E-state index contributed by atoms with van der Waals surface area (Å²) in [5, 5.41) is 0. The lowest BCUT2D eigenvalue weighted by Gasteiger charge is -2.25. The minimum absolute atomic E-state index is 0.483. The Kier molecular flexibility index (Phi) is 5.13. The SMILES string of the molecule is COc1ccc(C[C@H](C)N(C)Cc2ccncc2)cc1. The minimum Gasteiger partial charge on any atom is -0.497 e. The number of methoxy groups -OCH3 is 1. The zero-order valence-electron chi connectivity index (χ0n) is 12.4. The van der Waals surface area contributed by atoms with Crippen molar-refractivity contribution in [3.63, 3.8) is 0 Å². The number of rotatable bonds is 6. The number of hydrogen-bond acceptors (Lipinski definition) is 3. The summed E-state index contributed by atoms with van der Waals surface area (Å²) < 4.78 is 5.18. The molecule has 1 atom stereocenters. The highest BCUT2D eigenvalue weighted by molar-refractivity contribution is 5.27. The smallest absolute Gasteiger partial charge is 0.118 e. The molecule has 20 heavy (non-hydrogen) atoms. The maximum atomic E-state index is 5.18. The van der Waals surface area contributed by atoms with Crippen LogP contribution in [0.3, 0.4) is 0 Å². The first-order valence-corrected chi connectivity index (χ1v) is 6.91. The lowest BCUT2D eigenvalue weighted by atomic mass is 10.1. The third-order valence-corrected chi connectivity index (χ3v) is 3.62. The van der Waals surface area contributed by atoms with Crippen LogP contribution in [0.1, 0.15) is 18.1 Å². The van der Waals surface area contributed by atoms with Gasteiger partial charge in [0.2, 0.25) is 0 Å². The van der Waals surface area contributed by atoms with Crippen molar-refractivity contribution < 1.29 is 4.74 Å². The highest BCUT2D eigenvalue weighted by Gasteiger charge is 2.10. The number of benzene rings is 1. The molecule has 2 aromatic rings. The highest BCUT2D eigenvalue weighted by atomic mass is 16.5. The second kappa shape index (κ2) is 7.06. The maximum Gasteiger partial charge on any atom is 0.118 e. The van der Waals surface area contributed by atoms with Gasteiger partial charge in [0.15, 0.2) is 0 Å². The number of hydrogen-bond donors (Lipinski definition) is 0. The van der Waals surface area contributed by atoms with Crippen LogP contribution < -0.4 is 4.74 Å². The van der Waals surface area contributed by atoms with Gasteiger partial charge in [0, 0.05) is 25.0 Å². The topological polar surface area (TPSA) is 25.4 Å². The summed E-state index contributed by atoms with van der Waals surface area (Å²) in [4.78, 5) is 6.41. The van der Waals surface area contributed by atoms with Crippen molar-refractivity contribution in [2.45, 2.75) is 25.9 Å². The fraction of sp³-hybridized carbons (Fsp3) is 0.353. The van der Waals surface area contributed by atoms with Crippen LogP contribution in [0.15, 0.2) is 48.8 Å². The lowest BCUT2D eigenvalue weighted by Crippen LogP contribution is -2.30. The number of ether oxygens (including phenoxy) is 1. The highest BCUT2D eigenvalue weighted by Crippen LogP contribution is 2.15. The molecular formula is C17H22N2O. The second-order valence-corrected chi connectivity index (χ2v) is 5.17. The first-order valence-electron chi connectivity index (χ1n) is 6.91. The fourth-order valence-corrected chi connectivity index (χ4v) is 2.19. The van der Waals surface area contributed by atoms with Crippen molar-refractivity contribution in [1.82, 2.24) is 9.88 Å². The Hall–Kier alpha value is -1.87. The van der Waals surface area contributed by atoms with E-state index in [-0.39, 0.29) is 0 Å². The lowest BCUT2D eigenvalue weighted by molar-refractivity contribution is 0.248. The molecule has 1 aromatic carbocycles. The number of likely N-dealkylation sites (N-methyl/N-ethyl adjacent to an activating group) is 1. The molecule has 0 saturated heterocycles. The largest absolute Gasteiger partial charge is 0.497 e. The van der Waals surface area contributed by atoms with Crippen LogP contribution in [0, 0.1) is 0 Å². The van der Waals surface area contributed by atoms with E-state index < -0.39 is 0 Å². The Morgan fingerprint density at radius 2 is 1.70 bits per heavy atom. The van der Waals surface area contributed by atoms with Crippen LogP contribution >= 0.6 is 0 Å². The zero-order chi connectivity index (χ0) is 14.4. The summed E-state index contributed by atoms with van der Waals surface area (Å²) in [5.74, 6) is 0.909. The van der Waals surface area contributed by atoms with E-state index in [9.17, 15) is 0 Å². The molecule has 3 heteroatoms. The zero-order valence-corrected chi connectivity index (χ0v) is 12.4. The van der Waals surface area contributed by atoms with Crippen LogP contribution in [-0.2, 0) is 13.0 Å². The number of nitrogens with zero attached hydrogens (tertiary/aromatic N) is 2. The van der Waals surface area contributed by atoms with Gasteiger partial charge in [-0.25, -0.2) is 0 Å². The van der Waals surface area contributed by atoms with Crippen molar-refractivity contribution in [2.24, 2.45) is 0 Å². The third-order valence-electron chi connectivity index (χ3n) is 3.62. The summed E-state index contributed by atoms with van der Waals surface area (Å²) in [7, 11) is 3.86. The van der Waals surface area contributed by atoms with E-state index >= 15 is 0 Å². The fourth-order valence-electron chi connectivity index (χ4n) is 2.19.